The first-order valence-electron chi connectivity index (χ1n) is 12.2. The van der Waals surface area contributed by atoms with Gasteiger partial charge in [0.25, 0.3) is 48.1 Å². The molecule has 0 aliphatic rings. The second kappa shape index (κ2) is 12.6. The van der Waals surface area contributed by atoms with E-state index in [0.717, 1.165) is 54.6 Å². The van der Waals surface area contributed by atoms with Gasteiger partial charge in [-0.25, -0.2) is 0 Å². The summed E-state index contributed by atoms with van der Waals surface area (Å²) in [7, 11) is -13.5. The van der Waals surface area contributed by atoms with Crippen LogP contribution in [0.1, 0.15) is 31.1 Å². The highest BCUT2D eigenvalue weighted by molar-refractivity contribution is 7.86. The fourth-order valence-corrected chi connectivity index (χ4v) is 5.20. The summed E-state index contributed by atoms with van der Waals surface area (Å²) >= 11 is 0. The quantitative estimate of drug-likeness (QED) is 0.140. The maximum absolute atomic E-state index is 13.1. The Morgan fingerprint density at radius 3 is 0.778 bits per heavy atom. The average molecular weight is 676 g/mol. The van der Waals surface area contributed by atoms with Gasteiger partial charge in [-0.1, -0.05) is 0 Å². The summed E-state index contributed by atoms with van der Waals surface area (Å²) in [5.74, 6) is -2.48. The van der Waals surface area contributed by atoms with Crippen LogP contribution in [0.25, 0.3) is 0 Å². The maximum Gasteiger partial charge on any atom is 0.294 e. The van der Waals surface area contributed by atoms with Crippen LogP contribution in [0.3, 0.4) is 0 Å². The Morgan fingerprint density at radius 2 is 0.600 bits per heavy atom. The molecule has 45 heavy (non-hydrogen) atoms. The molecule has 0 saturated heterocycles. The highest BCUT2D eigenvalue weighted by Gasteiger charge is 2.19. The molecule has 0 unspecified atom stereocenters. The van der Waals surface area contributed by atoms with Crippen molar-refractivity contribution in [3.05, 3.63) is 108 Å². The van der Waals surface area contributed by atoms with Gasteiger partial charge in [0, 0.05) is 33.8 Å². The van der Waals surface area contributed by atoms with E-state index in [1.165, 1.54) is 36.4 Å². The van der Waals surface area contributed by atoms with E-state index in [1.807, 2.05) is 0 Å². The van der Waals surface area contributed by atoms with Gasteiger partial charge in [-0.3, -0.25) is 28.0 Å². The van der Waals surface area contributed by atoms with Crippen LogP contribution in [0.5, 0.6) is 0 Å². The first kappa shape index (κ1) is 32.9. The Kier molecular flexibility index (Phi) is 9.19. The van der Waals surface area contributed by atoms with E-state index in [9.17, 15) is 39.6 Å². The lowest BCUT2D eigenvalue weighted by molar-refractivity contribution is 0.102. The first-order chi connectivity index (χ1) is 20.9. The second-order valence-corrected chi connectivity index (χ2v) is 13.4. The third-order valence-corrected chi connectivity index (χ3v) is 8.55. The smallest absolute Gasteiger partial charge is 0.294 e. The number of nitrogens with one attached hydrogen (secondary N) is 3. The number of carbonyl (C=O) groups excluding carboxylic acids is 3. The molecule has 0 atom stereocenters. The van der Waals surface area contributed by atoms with Crippen LogP contribution in [0, 0.1) is 0 Å². The summed E-state index contributed by atoms with van der Waals surface area (Å²) in [5, 5.41) is 7.41. The number of hydrogen-bond acceptors (Lipinski definition) is 9. The predicted octanol–water partition coefficient (Wildman–Crippen LogP) is 3.18. The number of carbonyl (C=O) groups is 3. The molecule has 234 valence electrons. The van der Waals surface area contributed by atoms with Crippen molar-refractivity contribution in [3.63, 3.8) is 0 Å². The van der Waals surface area contributed by atoms with Crippen LogP contribution < -0.4 is 16.0 Å². The zero-order valence-corrected chi connectivity index (χ0v) is 24.9. The standard InChI is InChI=1S/C27H21N3O12S3/c31-25(28-19-1-7-22(8-2-19)43(34,35)36)16-13-17(26(32)29-20-3-9-23(10-4-20)44(37,38)39)15-18(14-16)27(33)30-21-5-11-24(12-6-21)45(40,41)42/h1-15H,(H,28,31)(H,29,32)(H,30,33)(H,34,35,36)(H,37,38,39)(H,40,41,42). The summed E-state index contributed by atoms with van der Waals surface area (Å²) in [6, 6.07) is 16.8. The lowest BCUT2D eigenvalue weighted by Crippen LogP contribution is -2.19. The molecule has 4 aromatic carbocycles. The SMILES string of the molecule is O=C(Nc1ccc(S(=O)(=O)O)cc1)c1cc(C(=O)Nc2ccc(S(=O)(=O)O)cc2)cc(C(=O)Nc2ccc(S(=O)(=O)O)cc2)c1. The van der Waals surface area contributed by atoms with E-state index in [-0.39, 0.29) is 33.8 Å². The van der Waals surface area contributed by atoms with E-state index in [0.29, 0.717) is 0 Å². The van der Waals surface area contributed by atoms with Crippen LogP contribution in [0.15, 0.2) is 106 Å². The van der Waals surface area contributed by atoms with Gasteiger partial charge in [-0.15, -0.1) is 0 Å². The Morgan fingerprint density at radius 1 is 0.400 bits per heavy atom. The third-order valence-electron chi connectivity index (χ3n) is 5.95. The largest absolute Gasteiger partial charge is 0.322 e. The van der Waals surface area contributed by atoms with Gasteiger partial charge in [0.05, 0.1) is 14.7 Å². The van der Waals surface area contributed by atoms with Crippen LogP contribution in [-0.2, 0) is 30.4 Å². The summed E-state index contributed by atoms with van der Waals surface area (Å²) in [6.45, 7) is 0. The van der Waals surface area contributed by atoms with Crippen molar-refractivity contribution in [1.82, 2.24) is 0 Å². The minimum atomic E-state index is -4.49. The van der Waals surface area contributed by atoms with Gasteiger partial charge >= 0.3 is 0 Å². The molecule has 0 aromatic heterocycles. The fraction of sp³-hybridized carbons (Fsp3) is 0. The van der Waals surface area contributed by atoms with Crippen molar-refractivity contribution in [1.29, 1.82) is 0 Å². The Bertz CT molecular complexity index is 1870. The monoisotopic (exact) mass is 675 g/mol. The molecule has 0 spiro atoms. The van der Waals surface area contributed by atoms with Crippen molar-refractivity contribution in [2.24, 2.45) is 0 Å². The predicted molar refractivity (Wildman–Crippen MR) is 159 cm³/mol. The molecule has 6 N–H and O–H groups in total. The summed E-state index contributed by atoms with van der Waals surface area (Å²) < 4.78 is 95.2. The van der Waals surface area contributed by atoms with E-state index in [2.05, 4.69) is 16.0 Å². The molecule has 0 heterocycles. The number of amides is 3. The molecule has 4 rings (SSSR count). The molecule has 0 aliphatic carbocycles. The van der Waals surface area contributed by atoms with Gasteiger partial charge < -0.3 is 16.0 Å². The Balaban J connectivity index is 1.65. The molecule has 0 fully saturated rings. The average Bonchev–Trinajstić information content (AvgIpc) is 2.96. The highest BCUT2D eigenvalue weighted by atomic mass is 32.2. The van der Waals surface area contributed by atoms with Crippen LogP contribution >= 0.6 is 0 Å². The minimum absolute atomic E-state index is 0.103. The zero-order chi connectivity index (χ0) is 33.2. The van der Waals surface area contributed by atoms with E-state index >= 15 is 0 Å². The fourth-order valence-electron chi connectivity index (χ4n) is 3.76. The van der Waals surface area contributed by atoms with Gasteiger partial charge in [0.1, 0.15) is 0 Å². The number of anilines is 3. The minimum Gasteiger partial charge on any atom is -0.322 e. The molecule has 4 aromatic rings. The molecule has 18 heteroatoms. The van der Waals surface area contributed by atoms with Crippen molar-refractivity contribution in [3.8, 4) is 0 Å². The van der Waals surface area contributed by atoms with E-state index in [4.69, 9.17) is 13.7 Å². The van der Waals surface area contributed by atoms with Crippen molar-refractivity contribution < 1.29 is 53.3 Å². The topological polar surface area (TPSA) is 250 Å². The van der Waals surface area contributed by atoms with Crippen LogP contribution in [-0.4, -0.2) is 56.6 Å². The molecule has 0 aliphatic heterocycles. The summed E-state index contributed by atoms with van der Waals surface area (Å²) in [5.41, 5.74) is -0.288. The Labute approximate surface area is 256 Å². The van der Waals surface area contributed by atoms with Crippen molar-refractivity contribution >= 4 is 65.1 Å². The van der Waals surface area contributed by atoms with Crippen molar-refractivity contribution in [2.45, 2.75) is 14.7 Å². The molecule has 0 bridgehead atoms. The van der Waals surface area contributed by atoms with Crippen LogP contribution in [0.4, 0.5) is 17.1 Å². The number of benzene rings is 4. The zero-order valence-electron chi connectivity index (χ0n) is 22.4. The summed E-state index contributed by atoms with van der Waals surface area (Å²) in [4.78, 5) is 38.1. The molecule has 0 radical (unpaired) electrons. The molecule has 15 nitrogen and oxygen atoms in total. The second-order valence-electron chi connectivity index (χ2n) is 9.16. The lowest BCUT2D eigenvalue weighted by atomic mass is 10.0. The molecule has 0 saturated carbocycles. The van der Waals surface area contributed by atoms with E-state index in [1.54, 1.807) is 0 Å². The van der Waals surface area contributed by atoms with Gasteiger partial charge in [-0.2, -0.15) is 25.3 Å². The lowest BCUT2D eigenvalue weighted by Gasteiger charge is -2.12. The molecule has 3 amide bonds. The highest BCUT2D eigenvalue weighted by Crippen LogP contribution is 2.20. The summed E-state index contributed by atoms with van der Waals surface area (Å²) in [6.07, 6.45) is 0. The first-order valence-corrected chi connectivity index (χ1v) is 16.5. The number of rotatable bonds is 9. The van der Waals surface area contributed by atoms with Crippen molar-refractivity contribution in [2.75, 3.05) is 16.0 Å². The van der Waals surface area contributed by atoms with Gasteiger partial charge in [0.2, 0.25) is 0 Å². The van der Waals surface area contributed by atoms with Gasteiger partial charge in [0.15, 0.2) is 0 Å². The number of hydrogen-bond donors (Lipinski definition) is 6. The third kappa shape index (κ3) is 8.56. The molecular formula is C27H21N3O12S3. The molecular weight excluding hydrogens is 655 g/mol. The maximum atomic E-state index is 13.1. The normalized spacial score (nSPS) is 11.8. The van der Waals surface area contributed by atoms with E-state index < -0.39 is 62.8 Å². The van der Waals surface area contributed by atoms with Gasteiger partial charge in [-0.05, 0) is 91.0 Å². The Hall–Kier alpha value is -4.98. The van der Waals surface area contributed by atoms with Crippen LogP contribution in [0.2, 0.25) is 0 Å².